The third kappa shape index (κ3) is 2.20. The van der Waals surface area contributed by atoms with E-state index in [-0.39, 0.29) is 0 Å². The fraction of sp³-hybridized carbons (Fsp3) is 1.00. The zero-order valence-electron chi connectivity index (χ0n) is 8.97. The van der Waals surface area contributed by atoms with E-state index < -0.39 is 40.1 Å². The molecular formula is C8H6F9IO. The molecule has 0 aromatic rings. The molecule has 0 spiro atoms. The van der Waals surface area contributed by atoms with Crippen molar-refractivity contribution in [1.29, 1.82) is 0 Å². The fourth-order valence-electron chi connectivity index (χ4n) is 1.76. The van der Waals surface area contributed by atoms with Crippen molar-refractivity contribution in [2.24, 2.45) is 0 Å². The van der Waals surface area contributed by atoms with Crippen LogP contribution in [-0.4, -0.2) is 33.7 Å². The minimum atomic E-state index is -6.73. The van der Waals surface area contributed by atoms with E-state index in [9.17, 15) is 39.5 Å². The molecule has 0 aromatic carbocycles. The zero-order chi connectivity index (χ0) is 15.5. The number of ether oxygens (including phenoxy) is 1. The summed E-state index contributed by atoms with van der Waals surface area (Å²) in [5, 5.41) is 0. The lowest BCUT2D eigenvalue weighted by atomic mass is 9.90. The van der Waals surface area contributed by atoms with Crippen molar-refractivity contribution in [3.05, 3.63) is 0 Å². The predicted molar refractivity (Wildman–Crippen MR) is 52.8 cm³/mol. The molecule has 3 atom stereocenters. The normalized spacial score (nSPS) is 37.7. The highest BCUT2D eigenvalue weighted by molar-refractivity contribution is 14.1. The summed E-state index contributed by atoms with van der Waals surface area (Å²) < 4.78 is 115. The molecule has 1 rings (SSSR count). The smallest absolute Gasteiger partial charge is 0.336 e. The van der Waals surface area contributed by atoms with Gasteiger partial charge in [0.2, 0.25) is 3.68 Å². The Morgan fingerprint density at radius 3 is 1.58 bits per heavy atom. The molecule has 0 amide bonds. The molecule has 1 fully saturated rings. The Labute approximate surface area is 114 Å². The number of rotatable bonds is 1. The molecule has 1 saturated heterocycles. The summed E-state index contributed by atoms with van der Waals surface area (Å²) in [5.41, 5.74) is -6.46. The third-order valence-corrected chi connectivity index (χ3v) is 3.74. The molecule has 1 heterocycles. The number of hydrogen-bond acceptors (Lipinski definition) is 1. The molecule has 114 valence electrons. The van der Waals surface area contributed by atoms with Gasteiger partial charge in [-0.3, -0.25) is 0 Å². The molecule has 19 heavy (non-hydrogen) atoms. The van der Waals surface area contributed by atoms with Crippen LogP contribution in [0, 0.1) is 0 Å². The first kappa shape index (κ1) is 17.1. The Morgan fingerprint density at radius 2 is 1.37 bits per heavy atom. The van der Waals surface area contributed by atoms with Crippen LogP contribution in [-0.2, 0) is 4.74 Å². The van der Waals surface area contributed by atoms with Gasteiger partial charge in [-0.05, 0) is 29.5 Å². The quantitative estimate of drug-likeness (QED) is 0.350. The van der Waals surface area contributed by atoms with E-state index >= 15 is 0 Å². The Kier molecular flexibility index (Phi) is 3.85. The minimum absolute atomic E-state index is 0.359. The lowest BCUT2D eigenvalue weighted by molar-refractivity contribution is -0.420. The monoisotopic (exact) mass is 416 g/mol. The first-order valence-electron chi connectivity index (χ1n) is 4.67. The summed E-state index contributed by atoms with van der Waals surface area (Å²) >= 11 is 0.359. The summed E-state index contributed by atoms with van der Waals surface area (Å²) in [4.78, 5) is 0. The van der Waals surface area contributed by atoms with Crippen LogP contribution < -0.4 is 0 Å². The summed E-state index contributed by atoms with van der Waals surface area (Å²) in [6, 6.07) is 0. The van der Waals surface area contributed by atoms with Gasteiger partial charge in [0.15, 0.2) is 0 Å². The van der Waals surface area contributed by atoms with Crippen molar-refractivity contribution in [2.75, 3.05) is 0 Å². The van der Waals surface area contributed by atoms with Crippen LogP contribution in [0.1, 0.15) is 13.3 Å². The molecule has 2 unspecified atom stereocenters. The highest BCUT2D eigenvalue weighted by atomic mass is 127. The SMILES string of the molecule is CC1CC(F)(I)[C@@](F)(C(F)(C(F)(F)F)C(F)(F)F)O1. The second kappa shape index (κ2) is 4.28. The van der Waals surface area contributed by atoms with Gasteiger partial charge < -0.3 is 4.74 Å². The molecular weight excluding hydrogens is 410 g/mol. The first-order chi connectivity index (χ1) is 8.10. The van der Waals surface area contributed by atoms with E-state index in [0.717, 1.165) is 6.92 Å². The summed E-state index contributed by atoms with van der Waals surface area (Å²) in [5.74, 6) is -5.21. The van der Waals surface area contributed by atoms with Gasteiger partial charge in [0.1, 0.15) is 0 Å². The van der Waals surface area contributed by atoms with Crippen molar-refractivity contribution in [1.82, 2.24) is 0 Å². The molecule has 0 aliphatic carbocycles. The molecule has 0 bridgehead atoms. The van der Waals surface area contributed by atoms with Gasteiger partial charge in [-0.25, -0.2) is 13.2 Å². The number of halogens is 10. The van der Waals surface area contributed by atoms with Gasteiger partial charge in [0, 0.05) is 6.42 Å². The Hall–Kier alpha value is 0.0600. The number of alkyl halides is 10. The van der Waals surface area contributed by atoms with Crippen molar-refractivity contribution < 1.29 is 44.3 Å². The third-order valence-electron chi connectivity index (χ3n) is 2.60. The minimum Gasteiger partial charge on any atom is -0.336 e. The summed E-state index contributed by atoms with van der Waals surface area (Å²) in [6.07, 6.45) is -16.3. The van der Waals surface area contributed by atoms with Crippen LogP contribution >= 0.6 is 22.6 Å². The molecule has 0 aromatic heterocycles. The van der Waals surface area contributed by atoms with Crippen LogP contribution in [0.2, 0.25) is 0 Å². The second-order valence-electron chi connectivity index (χ2n) is 4.09. The van der Waals surface area contributed by atoms with Gasteiger partial charge in [-0.2, -0.15) is 26.3 Å². The van der Waals surface area contributed by atoms with E-state index in [0.29, 0.717) is 22.6 Å². The van der Waals surface area contributed by atoms with Crippen LogP contribution in [0.25, 0.3) is 0 Å². The molecule has 1 aliphatic rings. The van der Waals surface area contributed by atoms with E-state index in [1.54, 1.807) is 0 Å². The molecule has 11 heteroatoms. The highest BCUT2D eigenvalue weighted by Gasteiger charge is 2.90. The van der Waals surface area contributed by atoms with Gasteiger partial charge in [0.05, 0.1) is 6.10 Å². The maximum absolute atomic E-state index is 14.0. The zero-order valence-corrected chi connectivity index (χ0v) is 11.1. The van der Waals surface area contributed by atoms with Gasteiger partial charge >= 0.3 is 23.9 Å². The van der Waals surface area contributed by atoms with Crippen molar-refractivity contribution in [3.8, 4) is 0 Å². The van der Waals surface area contributed by atoms with Gasteiger partial charge in [0.25, 0.3) is 0 Å². The van der Waals surface area contributed by atoms with Crippen molar-refractivity contribution in [3.63, 3.8) is 0 Å². The van der Waals surface area contributed by atoms with E-state index in [1.807, 2.05) is 0 Å². The molecule has 1 nitrogen and oxygen atoms in total. The molecule has 0 N–H and O–H groups in total. The molecule has 0 radical (unpaired) electrons. The summed E-state index contributed by atoms with van der Waals surface area (Å²) in [6.45, 7) is 0.835. The largest absolute Gasteiger partial charge is 0.437 e. The van der Waals surface area contributed by atoms with E-state index in [2.05, 4.69) is 4.74 Å². The van der Waals surface area contributed by atoms with Crippen LogP contribution in [0.4, 0.5) is 39.5 Å². The lowest BCUT2D eigenvalue weighted by Gasteiger charge is -2.41. The highest BCUT2D eigenvalue weighted by Crippen LogP contribution is 2.63. The standard InChI is InChI=1S/C8H6F9IO/c1-3-2-4(9,18)6(11,19-3)5(10,7(12,13)14)8(15,16)17/h3H,2H2,1H3/t3?,4?,6-/m0/s1. The maximum Gasteiger partial charge on any atom is 0.437 e. The van der Waals surface area contributed by atoms with Crippen molar-refractivity contribution in [2.45, 2.75) is 47.0 Å². The van der Waals surface area contributed by atoms with Crippen LogP contribution in [0.3, 0.4) is 0 Å². The average Bonchev–Trinajstić information content (AvgIpc) is 2.30. The Balaban J connectivity index is 3.52. The van der Waals surface area contributed by atoms with Crippen LogP contribution in [0.5, 0.6) is 0 Å². The van der Waals surface area contributed by atoms with E-state index in [4.69, 9.17) is 0 Å². The predicted octanol–water partition coefficient (Wildman–Crippen LogP) is 4.39. The van der Waals surface area contributed by atoms with Gasteiger partial charge in [-0.1, -0.05) is 0 Å². The Bertz CT molecular complexity index is 348. The fourth-order valence-corrected chi connectivity index (χ4v) is 2.87. The van der Waals surface area contributed by atoms with Crippen molar-refractivity contribution >= 4 is 22.6 Å². The average molecular weight is 416 g/mol. The number of hydrogen-bond donors (Lipinski definition) is 0. The first-order valence-corrected chi connectivity index (χ1v) is 5.75. The molecule has 0 saturated carbocycles. The van der Waals surface area contributed by atoms with Gasteiger partial charge in [-0.15, -0.1) is 0 Å². The lowest BCUT2D eigenvalue weighted by Crippen LogP contribution is -2.70. The molecule has 1 aliphatic heterocycles. The second-order valence-corrected chi connectivity index (χ2v) is 5.80. The van der Waals surface area contributed by atoms with Crippen LogP contribution in [0.15, 0.2) is 0 Å². The van der Waals surface area contributed by atoms with E-state index in [1.165, 1.54) is 0 Å². The summed E-state index contributed by atoms with van der Waals surface area (Å²) in [7, 11) is 0. The Morgan fingerprint density at radius 1 is 1.00 bits per heavy atom. The topological polar surface area (TPSA) is 9.23 Å². The maximum atomic E-state index is 14.0.